The van der Waals surface area contributed by atoms with Crippen molar-refractivity contribution in [2.75, 3.05) is 6.79 Å². The van der Waals surface area contributed by atoms with Crippen LogP contribution in [0.25, 0.3) is 6.08 Å². The third kappa shape index (κ3) is 1.96. The van der Waals surface area contributed by atoms with E-state index in [1.165, 1.54) is 0 Å². The van der Waals surface area contributed by atoms with Gasteiger partial charge in [-0.1, -0.05) is 12.1 Å². The zero-order chi connectivity index (χ0) is 11.7. The van der Waals surface area contributed by atoms with E-state index in [2.05, 4.69) is 0 Å². The highest BCUT2D eigenvalue weighted by Gasteiger charge is 2.14. The maximum atomic E-state index is 11.6. The van der Waals surface area contributed by atoms with Crippen molar-refractivity contribution in [3.63, 3.8) is 0 Å². The van der Waals surface area contributed by atoms with Crippen LogP contribution in [0.3, 0.4) is 0 Å². The van der Waals surface area contributed by atoms with E-state index in [9.17, 15) is 4.79 Å². The van der Waals surface area contributed by atoms with Crippen molar-refractivity contribution < 1.29 is 14.3 Å². The van der Waals surface area contributed by atoms with Crippen LogP contribution in [0.15, 0.2) is 35.9 Å². The number of benzene rings is 1. The maximum absolute atomic E-state index is 11.6. The predicted molar refractivity (Wildman–Crippen MR) is 63.9 cm³/mol. The molecule has 0 spiro atoms. The molecule has 17 heavy (non-hydrogen) atoms. The molecule has 3 heteroatoms. The Morgan fingerprint density at radius 3 is 2.94 bits per heavy atom. The Hall–Kier alpha value is -2.03. The third-order valence-corrected chi connectivity index (χ3v) is 2.90. The number of hydrogen-bond donors (Lipinski definition) is 0. The Kier molecular flexibility index (Phi) is 2.44. The van der Waals surface area contributed by atoms with E-state index in [4.69, 9.17) is 9.47 Å². The molecule has 0 saturated heterocycles. The Bertz CT molecular complexity index is 526. The first-order valence-electron chi connectivity index (χ1n) is 5.64. The van der Waals surface area contributed by atoms with Gasteiger partial charge in [-0.25, -0.2) is 0 Å². The minimum Gasteiger partial charge on any atom is -0.454 e. The summed E-state index contributed by atoms with van der Waals surface area (Å²) >= 11 is 0. The fraction of sp³-hybridized carbons (Fsp3) is 0.214. The maximum Gasteiger partial charge on any atom is 0.231 e. The van der Waals surface area contributed by atoms with E-state index < -0.39 is 0 Å². The molecule has 0 N–H and O–H groups in total. The molecule has 2 aliphatic rings. The molecule has 1 aliphatic carbocycles. The average molecular weight is 228 g/mol. The second-order valence-electron chi connectivity index (χ2n) is 4.09. The number of carbonyl (C=O) groups excluding carboxylic acids is 1. The van der Waals surface area contributed by atoms with E-state index >= 15 is 0 Å². The molecule has 0 unspecified atom stereocenters. The van der Waals surface area contributed by atoms with Gasteiger partial charge >= 0.3 is 0 Å². The Balaban J connectivity index is 1.92. The molecule has 1 aliphatic heterocycles. The number of allylic oxidation sites excluding steroid dienone is 3. The lowest BCUT2D eigenvalue weighted by molar-refractivity contribution is -0.111. The Labute approximate surface area is 99.3 Å². The first-order chi connectivity index (χ1) is 8.33. The van der Waals surface area contributed by atoms with Crippen molar-refractivity contribution >= 4 is 11.9 Å². The van der Waals surface area contributed by atoms with Crippen LogP contribution in [0.2, 0.25) is 0 Å². The molecule has 3 nitrogen and oxygen atoms in total. The van der Waals surface area contributed by atoms with Crippen LogP contribution in [0.1, 0.15) is 18.4 Å². The van der Waals surface area contributed by atoms with Crippen LogP contribution in [-0.2, 0) is 4.79 Å². The molecular formula is C14H12O3. The van der Waals surface area contributed by atoms with Crippen LogP contribution in [0.4, 0.5) is 0 Å². The minimum absolute atomic E-state index is 0.105. The number of rotatable bonds is 1. The van der Waals surface area contributed by atoms with Crippen LogP contribution in [-0.4, -0.2) is 12.6 Å². The minimum atomic E-state index is 0.105. The van der Waals surface area contributed by atoms with Crippen LogP contribution in [0, 0.1) is 0 Å². The van der Waals surface area contributed by atoms with Gasteiger partial charge in [0.1, 0.15) is 0 Å². The summed E-state index contributed by atoms with van der Waals surface area (Å²) in [5, 5.41) is 0. The summed E-state index contributed by atoms with van der Waals surface area (Å²) < 4.78 is 10.5. The van der Waals surface area contributed by atoms with Gasteiger partial charge in [0.2, 0.25) is 6.79 Å². The lowest BCUT2D eigenvalue weighted by Crippen LogP contribution is -2.02. The first kappa shape index (κ1) is 10.1. The fourth-order valence-electron chi connectivity index (χ4n) is 2.01. The van der Waals surface area contributed by atoms with Gasteiger partial charge in [0, 0.05) is 5.57 Å². The molecule has 1 aromatic carbocycles. The van der Waals surface area contributed by atoms with Gasteiger partial charge in [-0.15, -0.1) is 0 Å². The molecule has 0 aromatic heterocycles. The summed E-state index contributed by atoms with van der Waals surface area (Å²) in [6.45, 7) is 0.275. The molecule has 3 rings (SSSR count). The zero-order valence-electron chi connectivity index (χ0n) is 9.31. The summed E-state index contributed by atoms with van der Waals surface area (Å²) in [6, 6.07) is 5.71. The zero-order valence-corrected chi connectivity index (χ0v) is 9.31. The third-order valence-electron chi connectivity index (χ3n) is 2.90. The van der Waals surface area contributed by atoms with E-state index in [1.54, 1.807) is 6.08 Å². The van der Waals surface area contributed by atoms with Gasteiger partial charge in [-0.05, 0) is 42.7 Å². The van der Waals surface area contributed by atoms with Crippen LogP contribution < -0.4 is 9.47 Å². The number of hydrogen-bond acceptors (Lipinski definition) is 3. The molecule has 1 heterocycles. The SMILES string of the molecule is O=C1C=CCC/C1=C\c1ccc2c(c1)OCO2. The van der Waals surface area contributed by atoms with Crippen molar-refractivity contribution in [2.45, 2.75) is 12.8 Å². The van der Waals surface area contributed by atoms with Gasteiger partial charge in [-0.3, -0.25) is 4.79 Å². The van der Waals surface area contributed by atoms with Crippen LogP contribution >= 0.6 is 0 Å². The quantitative estimate of drug-likeness (QED) is 0.693. The largest absolute Gasteiger partial charge is 0.454 e. The molecule has 0 bridgehead atoms. The van der Waals surface area contributed by atoms with E-state index in [0.29, 0.717) is 0 Å². The summed E-state index contributed by atoms with van der Waals surface area (Å²) in [6.07, 6.45) is 7.22. The van der Waals surface area contributed by atoms with Crippen molar-refractivity contribution in [3.05, 3.63) is 41.5 Å². The van der Waals surface area contributed by atoms with Crippen molar-refractivity contribution in [2.24, 2.45) is 0 Å². The number of ether oxygens (including phenoxy) is 2. The van der Waals surface area contributed by atoms with E-state index in [-0.39, 0.29) is 12.6 Å². The summed E-state index contributed by atoms with van der Waals surface area (Å²) in [5.41, 5.74) is 1.83. The van der Waals surface area contributed by atoms with Gasteiger partial charge in [-0.2, -0.15) is 0 Å². The van der Waals surface area contributed by atoms with Crippen molar-refractivity contribution in [1.29, 1.82) is 0 Å². The van der Waals surface area contributed by atoms with Crippen molar-refractivity contribution in [3.8, 4) is 11.5 Å². The standard InChI is InChI=1S/C14H12O3/c15-12-4-2-1-3-11(12)7-10-5-6-13-14(8-10)17-9-16-13/h2,4-8H,1,3,9H2/b11-7+. The molecule has 0 saturated carbocycles. The van der Waals surface area contributed by atoms with Gasteiger partial charge < -0.3 is 9.47 Å². The van der Waals surface area contributed by atoms with Gasteiger partial charge in [0.05, 0.1) is 0 Å². The van der Waals surface area contributed by atoms with E-state index in [0.717, 1.165) is 35.5 Å². The van der Waals surface area contributed by atoms with Crippen molar-refractivity contribution in [1.82, 2.24) is 0 Å². The van der Waals surface area contributed by atoms with E-state index in [1.807, 2.05) is 30.4 Å². The fourth-order valence-corrected chi connectivity index (χ4v) is 2.01. The number of ketones is 1. The second kappa shape index (κ2) is 4.09. The lowest BCUT2D eigenvalue weighted by atomic mass is 9.97. The highest BCUT2D eigenvalue weighted by atomic mass is 16.7. The Morgan fingerprint density at radius 2 is 2.06 bits per heavy atom. The molecule has 0 radical (unpaired) electrons. The smallest absolute Gasteiger partial charge is 0.231 e. The summed E-state index contributed by atoms with van der Waals surface area (Å²) in [5.74, 6) is 1.62. The highest BCUT2D eigenvalue weighted by molar-refractivity contribution is 6.07. The summed E-state index contributed by atoms with van der Waals surface area (Å²) in [7, 11) is 0. The second-order valence-corrected chi connectivity index (χ2v) is 4.09. The number of carbonyl (C=O) groups is 1. The molecule has 0 fully saturated rings. The molecule has 1 aromatic rings. The average Bonchev–Trinajstić information content (AvgIpc) is 2.79. The molecule has 86 valence electrons. The first-order valence-corrected chi connectivity index (χ1v) is 5.64. The number of fused-ring (bicyclic) bond motifs is 1. The highest BCUT2D eigenvalue weighted by Crippen LogP contribution is 2.33. The molecular weight excluding hydrogens is 216 g/mol. The van der Waals surface area contributed by atoms with Gasteiger partial charge in [0.15, 0.2) is 17.3 Å². The topological polar surface area (TPSA) is 35.5 Å². The normalized spacial score (nSPS) is 20.0. The predicted octanol–water partition coefficient (Wildman–Crippen LogP) is 2.72. The lowest BCUT2D eigenvalue weighted by Gasteiger charge is -2.07. The Morgan fingerprint density at radius 1 is 1.18 bits per heavy atom. The van der Waals surface area contributed by atoms with Crippen LogP contribution in [0.5, 0.6) is 11.5 Å². The molecule has 0 amide bonds. The summed E-state index contributed by atoms with van der Waals surface area (Å²) in [4.78, 5) is 11.6. The molecule has 0 atom stereocenters. The monoisotopic (exact) mass is 228 g/mol. The van der Waals surface area contributed by atoms with Gasteiger partial charge in [0.25, 0.3) is 0 Å².